The van der Waals surface area contributed by atoms with Crippen molar-refractivity contribution >= 4 is 11.8 Å². The van der Waals surface area contributed by atoms with E-state index in [0.717, 1.165) is 0 Å². The van der Waals surface area contributed by atoms with Gasteiger partial charge in [0.2, 0.25) is 5.78 Å². The zero-order valence-corrected chi connectivity index (χ0v) is 16.1. The summed E-state index contributed by atoms with van der Waals surface area (Å²) in [5, 5.41) is 31.0. The lowest BCUT2D eigenvalue weighted by atomic mass is 9.54. The zero-order valence-electron chi connectivity index (χ0n) is 16.1. The number of cyclic esters (lactones) is 1. The monoisotopic (exact) mass is 388 g/mol. The normalized spacial score (nSPS) is 41.7. The quantitative estimate of drug-likeness (QED) is 0.376. The Hall–Kier alpha value is -2.12. The molecule has 5 atom stereocenters. The van der Waals surface area contributed by atoms with E-state index in [0.29, 0.717) is 36.7 Å². The predicted octanol–water partition coefficient (Wildman–Crippen LogP) is 1.96. The smallest absolute Gasteiger partial charge is 0.342 e. The van der Waals surface area contributed by atoms with Gasteiger partial charge < -0.3 is 24.8 Å². The number of ether oxygens (including phenoxy) is 2. The Balaban J connectivity index is 1.96. The molecule has 1 saturated carbocycles. The summed E-state index contributed by atoms with van der Waals surface area (Å²) in [4.78, 5) is 25.6. The second-order valence-electron chi connectivity index (χ2n) is 8.44. The fraction of sp³-hybridized carbons (Fsp3) is 0.571. The summed E-state index contributed by atoms with van der Waals surface area (Å²) in [5.74, 6) is -2.19. The first kappa shape index (κ1) is 19.2. The van der Waals surface area contributed by atoms with Gasteiger partial charge in [-0.2, -0.15) is 0 Å². The molecule has 1 heterocycles. The molecule has 150 valence electrons. The standard InChI is InChI=1S/C21H24O7/c1-20-7-6-12-15(11(20)4-5-13(20)23)17(24)18(25)16-10(8-22)19(26)28-14(9-27-3)21(12,16)2/h8,11,13-14,22-23,25H,4-5,7,9H2,1-3H3/b10-8-/t11-,13-,14+,20-,21-/m0/s1. The van der Waals surface area contributed by atoms with Crippen molar-refractivity contribution in [3.05, 3.63) is 40.7 Å². The predicted molar refractivity (Wildman–Crippen MR) is 97.0 cm³/mol. The van der Waals surface area contributed by atoms with Crippen molar-refractivity contribution in [1.82, 2.24) is 0 Å². The molecule has 3 N–H and O–H groups in total. The minimum absolute atomic E-state index is 0.0479. The summed E-state index contributed by atoms with van der Waals surface area (Å²) in [6.07, 6.45) is 4.15. The number of aliphatic hydroxyl groups is 3. The van der Waals surface area contributed by atoms with Crippen molar-refractivity contribution in [2.45, 2.75) is 45.3 Å². The summed E-state index contributed by atoms with van der Waals surface area (Å²) in [5.41, 5.74) is -0.831. The molecule has 2 radical (unpaired) electrons. The van der Waals surface area contributed by atoms with Crippen LogP contribution in [-0.4, -0.2) is 53.0 Å². The molecule has 7 heteroatoms. The lowest BCUT2D eigenvalue weighted by molar-refractivity contribution is -0.156. The van der Waals surface area contributed by atoms with Gasteiger partial charge in [-0.25, -0.2) is 4.79 Å². The van der Waals surface area contributed by atoms with Crippen molar-refractivity contribution in [2.75, 3.05) is 13.7 Å². The second kappa shape index (κ2) is 6.19. The molecular formula is C21H24O7. The number of fused-ring (bicyclic) bond motifs is 4. The minimum atomic E-state index is -1.10. The summed E-state index contributed by atoms with van der Waals surface area (Å²) >= 11 is 0. The highest BCUT2D eigenvalue weighted by atomic mass is 16.6. The summed E-state index contributed by atoms with van der Waals surface area (Å²) < 4.78 is 10.8. The van der Waals surface area contributed by atoms with E-state index in [4.69, 9.17) is 9.47 Å². The van der Waals surface area contributed by atoms with Gasteiger partial charge in [0.25, 0.3) is 0 Å². The second-order valence-corrected chi connectivity index (χ2v) is 8.44. The summed E-state index contributed by atoms with van der Waals surface area (Å²) in [6.45, 7) is 3.75. The van der Waals surface area contributed by atoms with Crippen LogP contribution in [-0.2, 0) is 19.1 Å². The number of aliphatic hydroxyl groups excluding tert-OH is 3. The third-order valence-electron chi connectivity index (χ3n) is 7.11. The SMILES string of the molecule is COC[C@H]1OC(=O)/C(=C\O)C2=C(O)C(=O)C3=C([C]C[C@]4(C)[C@@H](O)CC[C@@H]34)[C@]21C. The number of hydrogen-bond donors (Lipinski definition) is 3. The van der Waals surface area contributed by atoms with Crippen molar-refractivity contribution in [1.29, 1.82) is 0 Å². The van der Waals surface area contributed by atoms with E-state index in [-0.39, 0.29) is 23.7 Å². The maximum atomic E-state index is 13.2. The van der Waals surface area contributed by atoms with Gasteiger partial charge in [-0.15, -0.1) is 0 Å². The molecule has 4 rings (SSSR count). The number of esters is 1. The Kier molecular flexibility index (Phi) is 4.25. The highest BCUT2D eigenvalue weighted by Crippen LogP contribution is 2.62. The number of allylic oxidation sites excluding steroid dienone is 1. The van der Waals surface area contributed by atoms with Crippen LogP contribution in [0.3, 0.4) is 0 Å². The van der Waals surface area contributed by atoms with Crippen molar-refractivity contribution in [2.24, 2.45) is 16.7 Å². The largest absolute Gasteiger partial charge is 0.515 e. The van der Waals surface area contributed by atoms with Crippen molar-refractivity contribution in [3.8, 4) is 0 Å². The molecule has 0 aromatic heterocycles. The minimum Gasteiger partial charge on any atom is -0.515 e. The van der Waals surface area contributed by atoms with E-state index in [2.05, 4.69) is 6.42 Å². The molecule has 1 saturated heterocycles. The van der Waals surface area contributed by atoms with E-state index in [1.54, 1.807) is 6.92 Å². The van der Waals surface area contributed by atoms with E-state index in [1.165, 1.54) is 7.11 Å². The van der Waals surface area contributed by atoms with Gasteiger partial charge in [-0.1, -0.05) is 6.92 Å². The molecule has 0 spiro atoms. The Morgan fingerprint density at radius 2 is 2.04 bits per heavy atom. The lowest BCUT2D eigenvalue weighted by Gasteiger charge is -2.51. The number of hydrogen-bond acceptors (Lipinski definition) is 7. The number of Topliss-reactive ketones (excluding diaryl/α,β-unsaturated/α-hetero) is 1. The average molecular weight is 388 g/mol. The Labute approximate surface area is 163 Å². The summed E-state index contributed by atoms with van der Waals surface area (Å²) in [6, 6.07) is 0. The van der Waals surface area contributed by atoms with Crippen molar-refractivity contribution in [3.63, 3.8) is 0 Å². The molecule has 0 unspecified atom stereocenters. The van der Waals surface area contributed by atoms with Gasteiger partial charge in [0.1, 0.15) is 11.7 Å². The molecule has 0 aromatic rings. The highest BCUT2D eigenvalue weighted by Gasteiger charge is 2.61. The highest BCUT2D eigenvalue weighted by molar-refractivity contribution is 6.13. The molecule has 1 aliphatic heterocycles. The van der Waals surface area contributed by atoms with Gasteiger partial charge in [-0.3, -0.25) is 4.79 Å². The number of rotatable bonds is 2. The number of carbonyl (C=O) groups is 2. The first-order valence-electron chi connectivity index (χ1n) is 9.41. The van der Waals surface area contributed by atoms with Crippen molar-refractivity contribution < 1.29 is 34.4 Å². The molecule has 2 fully saturated rings. The van der Waals surface area contributed by atoms with Crippen LogP contribution in [0.1, 0.15) is 33.1 Å². The number of methoxy groups -OCH3 is 1. The third-order valence-corrected chi connectivity index (χ3v) is 7.11. The molecular weight excluding hydrogens is 364 g/mol. The lowest BCUT2D eigenvalue weighted by Crippen LogP contribution is -2.53. The Bertz CT molecular complexity index is 851. The fourth-order valence-corrected chi connectivity index (χ4v) is 5.44. The fourth-order valence-electron chi connectivity index (χ4n) is 5.44. The van der Waals surface area contributed by atoms with Crippen LogP contribution in [0.5, 0.6) is 0 Å². The van der Waals surface area contributed by atoms with Crippen LogP contribution >= 0.6 is 0 Å². The summed E-state index contributed by atoms with van der Waals surface area (Å²) in [7, 11) is 1.47. The number of ketones is 1. The third kappa shape index (κ3) is 2.17. The first-order chi connectivity index (χ1) is 13.2. The van der Waals surface area contributed by atoms with Crippen LogP contribution < -0.4 is 0 Å². The van der Waals surface area contributed by atoms with E-state index in [9.17, 15) is 24.9 Å². The Morgan fingerprint density at radius 1 is 1.32 bits per heavy atom. The maximum Gasteiger partial charge on any atom is 0.342 e. The molecule has 28 heavy (non-hydrogen) atoms. The van der Waals surface area contributed by atoms with Crippen LogP contribution in [0.15, 0.2) is 34.3 Å². The molecule has 0 amide bonds. The van der Waals surface area contributed by atoms with Crippen LogP contribution in [0.4, 0.5) is 0 Å². The van der Waals surface area contributed by atoms with Crippen LogP contribution in [0, 0.1) is 23.2 Å². The van der Waals surface area contributed by atoms with Gasteiger partial charge in [0, 0.05) is 30.1 Å². The van der Waals surface area contributed by atoms with E-state index in [1.807, 2.05) is 6.92 Å². The van der Waals surface area contributed by atoms with Crippen LogP contribution in [0.25, 0.3) is 0 Å². The molecule has 4 aliphatic rings. The van der Waals surface area contributed by atoms with E-state index < -0.39 is 40.5 Å². The number of carbonyl (C=O) groups excluding carboxylic acids is 2. The zero-order chi connectivity index (χ0) is 20.4. The van der Waals surface area contributed by atoms with E-state index >= 15 is 0 Å². The topological polar surface area (TPSA) is 113 Å². The van der Waals surface area contributed by atoms with Gasteiger partial charge in [0.15, 0.2) is 5.76 Å². The van der Waals surface area contributed by atoms with Crippen LogP contribution in [0.2, 0.25) is 0 Å². The Morgan fingerprint density at radius 3 is 2.68 bits per heavy atom. The van der Waals surface area contributed by atoms with Gasteiger partial charge in [-0.05, 0) is 37.7 Å². The maximum absolute atomic E-state index is 13.2. The average Bonchev–Trinajstić information content (AvgIpc) is 2.96. The molecule has 7 nitrogen and oxygen atoms in total. The molecule has 0 aromatic carbocycles. The molecule has 3 aliphatic carbocycles. The first-order valence-corrected chi connectivity index (χ1v) is 9.41. The molecule has 0 bridgehead atoms. The van der Waals surface area contributed by atoms with Gasteiger partial charge >= 0.3 is 5.97 Å². The van der Waals surface area contributed by atoms with Gasteiger partial charge in [0.05, 0.1) is 24.4 Å².